The summed E-state index contributed by atoms with van der Waals surface area (Å²) in [7, 11) is 2.03. The van der Waals surface area contributed by atoms with Crippen LogP contribution < -0.4 is 0 Å². The Hall–Kier alpha value is -2.47. The summed E-state index contributed by atoms with van der Waals surface area (Å²) in [5, 5.41) is 11.9. The number of H-pyrrole nitrogens is 1. The second kappa shape index (κ2) is 5.96. The average Bonchev–Trinajstić information content (AvgIpc) is 3.11. The minimum atomic E-state index is 0.869. The largest absolute Gasteiger partial charge is 0.293 e. The van der Waals surface area contributed by atoms with Crippen LogP contribution in [0.5, 0.6) is 0 Å². The van der Waals surface area contributed by atoms with Crippen LogP contribution in [0.25, 0.3) is 11.4 Å². The summed E-state index contributed by atoms with van der Waals surface area (Å²) in [4.78, 5) is 6.80. The van der Waals surface area contributed by atoms with E-state index in [9.17, 15) is 0 Å². The van der Waals surface area contributed by atoms with E-state index in [0.717, 1.165) is 49.6 Å². The van der Waals surface area contributed by atoms with Crippen LogP contribution in [-0.4, -0.2) is 36.4 Å². The van der Waals surface area contributed by atoms with Gasteiger partial charge < -0.3 is 0 Å². The van der Waals surface area contributed by atoms with Gasteiger partial charge >= 0.3 is 0 Å². The highest BCUT2D eigenvalue weighted by Gasteiger charge is 2.18. The fraction of sp³-hybridized carbons (Fsp3) is 0.353. The Labute approximate surface area is 135 Å². The molecule has 1 aliphatic heterocycles. The molecule has 0 fully saturated rings. The zero-order chi connectivity index (χ0) is 15.6. The SMILES string of the molecule is Cn1ncc2c1CCCN(Cc1cc(-c3ccccn3)n[nH]1)C2. The molecule has 118 valence electrons. The molecule has 0 saturated heterocycles. The number of nitrogens with zero attached hydrogens (tertiary/aromatic N) is 5. The first-order valence-corrected chi connectivity index (χ1v) is 7.97. The van der Waals surface area contributed by atoms with E-state index in [1.807, 2.05) is 36.1 Å². The molecule has 1 aliphatic rings. The van der Waals surface area contributed by atoms with Gasteiger partial charge in [-0.3, -0.25) is 19.7 Å². The summed E-state index contributed by atoms with van der Waals surface area (Å²) in [5.74, 6) is 0. The number of rotatable bonds is 3. The molecule has 0 radical (unpaired) electrons. The summed E-state index contributed by atoms with van der Waals surface area (Å²) in [6.07, 6.45) is 6.06. The number of hydrogen-bond donors (Lipinski definition) is 1. The highest BCUT2D eigenvalue weighted by Crippen LogP contribution is 2.20. The van der Waals surface area contributed by atoms with Gasteiger partial charge in [0.05, 0.1) is 11.9 Å². The van der Waals surface area contributed by atoms with Crippen LogP contribution in [0.2, 0.25) is 0 Å². The highest BCUT2D eigenvalue weighted by molar-refractivity contribution is 5.53. The van der Waals surface area contributed by atoms with E-state index in [-0.39, 0.29) is 0 Å². The molecule has 6 heteroatoms. The van der Waals surface area contributed by atoms with Crippen LogP contribution >= 0.6 is 0 Å². The van der Waals surface area contributed by atoms with Gasteiger partial charge in [-0.05, 0) is 37.6 Å². The fourth-order valence-corrected chi connectivity index (χ4v) is 3.22. The first kappa shape index (κ1) is 14.1. The Morgan fingerprint density at radius 3 is 3.09 bits per heavy atom. The van der Waals surface area contributed by atoms with Crippen LogP contribution in [0.1, 0.15) is 23.4 Å². The lowest BCUT2D eigenvalue weighted by Crippen LogP contribution is -2.22. The van der Waals surface area contributed by atoms with Gasteiger partial charge in [0.25, 0.3) is 0 Å². The number of hydrogen-bond acceptors (Lipinski definition) is 4. The van der Waals surface area contributed by atoms with Gasteiger partial charge in [-0.15, -0.1) is 0 Å². The van der Waals surface area contributed by atoms with Crippen molar-refractivity contribution in [2.24, 2.45) is 7.05 Å². The number of aromatic amines is 1. The van der Waals surface area contributed by atoms with Crippen molar-refractivity contribution >= 4 is 0 Å². The normalized spacial score (nSPS) is 15.3. The lowest BCUT2D eigenvalue weighted by atomic mass is 10.2. The van der Waals surface area contributed by atoms with E-state index in [2.05, 4.69) is 31.2 Å². The Morgan fingerprint density at radius 2 is 2.22 bits per heavy atom. The van der Waals surface area contributed by atoms with Crippen LogP contribution in [-0.2, 0) is 26.6 Å². The van der Waals surface area contributed by atoms with E-state index in [4.69, 9.17) is 0 Å². The Balaban J connectivity index is 1.49. The molecule has 0 aliphatic carbocycles. The van der Waals surface area contributed by atoms with Crippen molar-refractivity contribution in [3.8, 4) is 11.4 Å². The monoisotopic (exact) mass is 308 g/mol. The van der Waals surface area contributed by atoms with Crippen molar-refractivity contribution in [1.82, 2.24) is 29.9 Å². The van der Waals surface area contributed by atoms with Crippen LogP contribution in [0.15, 0.2) is 36.7 Å². The minimum absolute atomic E-state index is 0.869. The van der Waals surface area contributed by atoms with E-state index in [0.29, 0.717) is 0 Å². The summed E-state index contributed by atoms with van der Waals surface area (Å²) in [5.41, 5.74) is 5.64. The quantitative estimate of drug-likeness (QED) is 0.805. The van der Waals surface area contributed by atoms with E-state index >= 15 is 0 Å². The number of fused-ring (bicyclic) bond motifs is 1. The summed E-state index contributed by atoms with van der Waals surface area (Å²) in [6.45, 7) is 2.90. The van der Waals surface area contributed by atoms with Gasteiger partial charge in [-0.1, -0.05) is 6.07 Å². The van der Waals surface area contributed by atoms with Crippen molar-refractivity contribution in [3.05, 3.63) is 53.6 Å². The Morgan fingerprint density at radius 1 is 1.26 bits per heavy atom. The Kier molecular flexibility index (Phi) is 3.67. The zero-order valence-electron chi connectivity index (χ0n) is 13.2. The van der Waals surface area contributed by atoms with Gasteiger partial charge in [0.15, 0.2) is 0 Å². The molecule has 1 N–H and O–H groups in total. The number of pyridine rings is 1. The first-order chi connectivity index (χ1) is 11.3. The first-order valence-electron chi connectivity index (χ1n) is 7.97. The zero-order valence-corrected chi connectivity index (χ0v) is 13.2. The predicted molar refractivity (Wildman–Crippen MR) is 87.5 cm³/mol. The molecule has 0 spiro atoms. The maximum atomic E-state index is 4.39. The Bertz CT molecular complexity index is 789. The lowest BCUT2D eigenvalue weighted by Gasteiger charge is -2.18. The van der Waals surface area contributed by atoms with E-state index in [1.165, 1.54) is 11.3 Å². The third kappa shape index (κ3) is 2.90. The molecule has 4 rings (SSSR count). The van der Waals surface area contributed by atoms with E-state index in [1.54, 1.807) is 6.20 Å². The molecule has 0 aromatic carbocycles. The third-order valence-corrected chi connectivity index (χ3v) is 4.38. The van der Waals surface area contributed by atoms with Crippen molar-refractivity contribution in [1.29, 1.82) is 0 Å². The second-order valence-electron chi connectivity index (χ2n) is 6.05. The van der Waals surface area contributed by atoms with Gasteiger partial charge in [0.1, 0.15) is 5.69 Å². The molecule has 4 heterocycles. The van der Waals surface area contributed by atoms with Crippen molar-refractivity contribution in [3.63, 3.8) is 0 Å². The molecule has 0 bridgehead atoms. The molecule has 3 aromatic heterocycles. The maximum absolute atomic E-state index is 4.39. The molecule has 23 heavy (non-hydrogen) atoms. The summed E-state index contributed by atoms with van der Waals surface area (Å²) >= 11 is 0. The number of nitrogens with one attached hydrogen (secondary N) is 1. The molecule has 0 unspecified atom stereocenters. The summed E-state index contributed by atoms with van der Waals surface area (Å²) < 4.78 is 2.01. The lowest BCUT2D eigenvalue weighted by molar-refractivity contribution is 0.257. The summed E-state index contributed by atoms with van der Waals surface area (Å²) in [6, 6.07) is 7.97. The smallest absolute Gasteiger partial charge is 0.111 e. The minimum Gasteiger partial charge on any atom is -0.293 e. The molecule has 0 saturated carbocycles. The topological polar surface area (TPSA) is 62.6 Å². The number of aromatic nitrogens is 5. The van der Waals surface area contributed by atoms with Crippen LogP contribution in [0.3, 0.4) is 0 Å². The highest BCUT2D eigenvalue weighted by atomic mass is 15.3. The molecular formula is C17H20N6. The number of aryl methyl sites for hydroxylation is 1. The molecule has 0 amide bonds. The molecule has 0 atom stereocenters. The van der Waals surface area contributed by atoms with Crippen LogP contribution in [0.4, 0.5) is 0 Å². The fourth-order valence-electron chi connectivity index (χ4n) is 3.22. The van der Waals surface area contributed by atoms with Crippen molar-refractivity contribution < 1.29 is 0 Å². The average molecular weight is 308 g/mol. The van der Waals surface area contributed by atoms with Gasteiger partial charge in [-0.2, -0.15) is 10.2 Å². The standard InChI is InChI=1S/C17H20N6/c1-22-17-6-4-8-23(11-13(17)10-19-22)12-14-9-16(21-20-14)15-5-2-3-7-18-15/h2-3,5,7,9-10H,4,6,8,11-12H2,1H3,(H,20,21). The third-order valence-electron chi connectivity index (χ3n) is 4.38. The van der Waals surface area contributed by atoms with Gasteiger partial charge in [0.2, 0.25) is 0 Å². The van der Waals surface area contributed by atoms with Gasteiger partial charge in [-0.25, -0.2) is 0 Å². The van der Waals surface area contributed by atoms with Crippen LogP contribution in [0, 0.1) is 0 Å². The predicted octanol–water partition coefficient (Wildman–Crippen LogP) is 2.15. The molecule has 6 nitrogen and oxygen atoms in total. The molecule has 3 aromatic rings. The maximum Gasteiger partial charge on any atom is 0.111 e. The van der Waals surface area contributed by atoms with Crippen molar-refractivity contribution in [2.45, 2.75) is 25.9 Å². The second-order valence-corrected chi connectivity index (χ2v) is 6.05. The van der Waals surface area contributed by atoms with E-state index < -0.39 is 0 Å². The van der Waals surface area contributed by atoms with Gasteiger partial charge in [0, 0.05) is 43.3 Å². The molecular weight excluding hydrogens is 288 g/mol. The van der Waals surface area contributed by atoms with Crippen molar-refractivity contribution in [2.75, 3.05) is 6.54 Å².